The van der Waals surface area contributed by atoms with Crippen molar-refractivity contribution in [3.05, 3.63) is 29.7 Å². The van der Waals surface area contributed by atoms with Crippen LogP contribution in [0.2, 0.25) is 0 Å². The van der Waals surface area contributed by atoms with Gasteiger partial charge < -0.3 is 9.73 Å². The van der Waals surface area contributed by atoms with Crippen molar-refractivity contribution >= 4 is 12.0 Å². The van der Waals surface area contributed by atoms with Gasteiger partial charge in [0.1, 0.15) is 11.5 Å². The summed E-state index contributed by atoms with van der Waals surface area (Å²) in [4.78, 5) is 11.6. The van der Waals surface area contributed by atoms with E-state index in [0.29, 0.717) is 5.92 Å². The number of hydrogen-bond acceptors (Lipinski definition) is 2. The van der Waals surface area contributed by atoms with Crippen molar-refractivity contribution in [2.45, 2.75) is 45.6 Å². The fourth-order valence-electron chi connectivity index (χ4n) is 1.94. The lowest BCUT2D eigenvalue weighted by Crippen LogP contribution is -2.39. The molecule has 2 rings (SSSR count). The lowest BCUT2D eigenvalue weighted by molar-refractivity contribution is -0.117. The van der Waals surface area contributed by atoms with E-state index in [4.69, 9.17) is 4.42 Å². The van der Waals surface area contributed by atoms with Crippen molar-refractivity contribution in [1.82, 2.24) is 5.32 Å². The molecule has 1 aromatic rings. The van der Waals surface area contributed by atoms with Crippen molar-refractivity contribution in [2.24, 2.45) is 5.92 Å². The second kappa shape index (κ2) is 4.63. The highest BCUT2D eigenvalue weighted by Crippen LogP contribution is 2.47. The standard InChI is InChI=1S/C15H21NO2/c1-10-9-12(10)13-7-5-11(18-13)6-8-14(17)16-15(2,3)4/h5-8,10,12H,9H2,1-4H3,(H,16,17)/b8-6-/t10-,12-/m1/s1. The Labute approximate surface area is 108 Å². The van der Waals surface area contributed by atoms with Gasteiger partial charge in [-0.3, -0.25) is 4.79 Å². The first kappa shape index (κ1) is 12.9. The van der Waals surface area contributed by atoms with Gasteiger partial charge in [-0.2, -0.15) is 0 Å². The third kappa shape index (κ3) is 3.49. The van der Waals surface area contributed by atoms with E-state index in [1.165, 1.54) is 12.5 Å². The van der Waals surface area contributed by atoms with Crippen molar-refractivity contribution in [1.29, 1.82) is 0 Å². The number of amides is 1. The van der Waals surface area contributed by atoms with E-state index in [0.717, 1.165) is 17.4 Å². The maximum absolute atomic E-state index is 11.6. The lowest BCUT2D eigenvalue weighted by atomic mass is 10.1. The zero-order chi connectivity index (χ0) is 13.3. The molecule has 3 nitrogen and oxygen atoms in total. The van der Waals surface area contributed by atoms with Crippen LogP contribution >= 0.6 is 0 Å². The largest absolute Gasteiger partial charge is 0.461 e. The molecule has 1 aliphatic rings. The molecular formula is C15H21NO2. The number of hydrogen-bond donors (Lipinski definition) is 1. The quantitative estimate of drug-likeness (QED) is 0.832. The van der Waals surface area contributed by atoms with E-state index < -0.39 is 0 Å². The first-order valence-corrected chi connectivity index (χ1v) is 6.45. The van der Waals surface area contributed by atoms with Gasteiger partial charge in [0.15, 0.2) is 0 Å². The van der Waals surface area contributed by atoms with Gasteiger partial charge in [0.25, 0.3) is 0 Å². The summed E-state index contributed by atoms with van der Waals surface area (Å²) in [6.45, 7) is 8.09. The first-order chi connectivity index (χ1) is 8.35. The summed E-state index contributed by atoms with van der Waals surface area (Å²) in [6.07, 6.45) is 4.45. The highest BCUT2D eigenvalue weighted by molar-refractivity contribution is 5.91. The van der Waals surface area contributed by atoms with Crippen LogP contribution in [0.5, 0.6) is 0 Å². The minimum atomic E-state index is -0.209. The predicted octanol–water partition coefficient (Wildman–Crippen LogP) is 3.33. The van der Waals surface area contributed by atoms with Crippen molar-refractivity contribution in [2.75, 3.05) is 0 Å². The van der Waals surface area contributed by atoms with E-state index in [-0.39, 0.29) is 11.4 Å². The highest BCUT2D eigenvalue weighted by Gasteiger charge is 2.36. The van der Waals surface area contributed by atoms with Crippen LogP contribution in [0.25, 0.3) is 6.08 Å². The van der Waals surface area contributed by atoms with Crippen LogP contribution < -0.4 is 5.32 Å². The molecular weight excluding hydrogens is 226 g/mol. The Bertz CT molecular complexity index is 465. The number of rotatable bonds is 3. The predicted molar refractivity (Wildman–Crippen MR) is 72.2 cm³/mol. The first-order valence-electron chi connectivity index (χ1n) is 6.45. The third-order valence-electron chi connectivity index (χ3n) is 3.02. The van der Waals surface area contributed by atoms with Gasteiger partial charge in [-0.25, -0.2) is 0 Å². The Balaban J connectivity index is 1.93. The number of nitrogens with one attached hydrogen (secondary N) is 1. The Hall–Kier alpha value is -1.51. The van der Waals surface area contributed by atoms with Crippen molar-refractivity contribution < 1.29 is 9.21 Å². The van der Waals surface area contributed by atoms with Gasteiger partial charge in [0, 0.05) is 17.5 Å². The van der Waals surface area contributed by atoms with E-state index in [1.807, 2.05) is 32.9 Å². The van der Waals surface area contributed by atoms with Crippen LogP contribution in [0.1, 0.15) is 51.6 Å². The topological polar surface area (TPSA) is 42.2 Å². The summed E-state index contributed by atoms with van der Waals surface area (Å²) in [5.74, 6) is 3.00. The SMILES string of the molecule is C[C@@H]1C[C@H]1c1ccc(/C=C\C(=O)NC(C)(C)C)o1. The maximum atomic E-state index is 11.6. The smallest absolute Gasteiger partial charge is 0.244 e. The molecule has 3 heteroatoms. The molecule has 1 fully saturated rings. The zero-order valence-electron chi connectivity index (χ0n) is 11.5. The summed E-state index contributed by atoms with van der Waals surface area (Å²) >= 11 is 0. The summed E-state index contributed by atoms with van der Waals surface area (Å²) in [7, 11) is 0. The average molecular weight is 247 g/mol. The Morgan fingerprint density at radius 2 is 2.11 bits per heavy atom. The molecule has 0 unspecified atom stereocenters. The minimum absolute atomic E-state index is 0.0970. The second-order valence-electron chi connectivity index (χ2n) is 6.13. The zero-order valence-corrected chi connectivity index (χ0v) is 11.5. The van der Waals surface area contributed by atoms with Crippen LogP contribution in [0.4, 0.5) is 0 Å². The molecule has 0 radical (unpaired) electrons. The fraction of sp³-hybridized carbons (Fsp3) is 0.533. The minimum Gasteiger partial charge on any atom is -0.461 e. The van der Waals surface area contributed by atoms with E-state index in [9.17, 15) is 4.79 Å². The molecule has 98 valence electrons. The van der Waals surface area contributed by atoms with E-state index in [1.54, 1.807) is 6.08 Å². The molecule has 0 saturated heterocycles. The monoisotopic (exact) mass is 247 g/mol. The molecule has 0 aromatic carbocycles. The molecule has 1 N–H and O–H groups in total. The summed E-state index contributed by atoms with van der Waals surface area (Å²) in [5, 5.41) is 2.87. The molecule has 0 bridgehead atoms. The number of carbonyl (C=O) groups is 1. The van der Waals surface area contributed by atoms with Crippen LogP contribution in [0.15, 0.2) is 22.6 Å². The van der Waals surface area contributed by atoms with E-state index in [2.05, 4.69) is 12.2 Å². The fourth-order valence-corrected chi connectivity index (χ4v) is 1.94. The van der Waals surface area contributed by atoms with Crippen molar-refractivity contribution in [3.63, 3.8) is 0 Å². The maximum Gasteiger partial charge on any atom is 0.244 e. The summed E-state index contributed by atoms with van der Waals surface area (Å²) < 4.78 is 5.69. The molecule has 2 atom stereocenters. The van der Waals surface area contributed by atoms with Crippen LogP contribution in [-0.2, 0) is 4.79 Å². The summed E-state index contributed by atoms with van der Waals surface area (Å²) in [6, 6.07) is 3.93. The molecule has 0 aliphatic heterocycles. The Morgan fingerprint density at radius 1 is 1.44 bits per heavy atom. The van der Waals surface area contributed by atoms with Crippen molar-refractivity contribution in [3.8, 4) is 0 Å². The number of carbonyl (C=O) groups excluding carboxylic acids is 1. The Kier molecular flexibility index (Phi) is 3.33. The second-order valence-corrected chi connectivity index (χ2v) is 6.13. The van der Waals surface area contributed by atoms with Gasteiger partial charge in [-0.1, -0.05) is 6.92 Å². The van der Waals surface area contributed by atoms with Gasteiger partial charge in [0.05, 0.1) is 0 Å². The van der Waals surface area contributed by atoms with E-state index >= 15 is 0 Å². The Morgan fingerprint density at radius 3 is 2.67 bits per heavy atom. The highest BCUT2D eigenvalue weighted by atomic mass is 16.3. The van der Waals surface area contributed by atoms with Crippen LogP contribution in [-0.4, -0.2) is 11.4 Å². The molecule has 1 aromatic heterocycles. The van der Waals surface area contributed by atoms with Gasteiger partial charge in [0.2, 0.25) is 5.91 Å². The van der Waals surface area contributed by atoms with Gasteiger partial charge in [-0.15, -0.1) is 0 Å². The van der Waals surface area contributed by atoms with Crippen LogP contribution in [0.3, 0.4) is 0 Å². The van der Waals surface area contributed by atoms with Gasteiger partial charge >= 0.3 is 0 Å². The lowest BCUT2D eigenvalue weighted by Gasteiger charge is -2.18. The average Bonchev–Trinajstić information content (AvgIpc) is 2.77. The van der Waals surface area contributed by atoms with Crippen LogP contribution in [0, 0.1) is 5.92 Å². The molecule has 1 saturated carbocycles. The molecule has 1 amide bonds. The summed E-state index contributed by atoms with van der Waals surface area (Å²) in [5.41, 5.74) is -0.209. The molecule has 1 heterocycles. The molecule has 18 heavy (non-hydrogen) atoms. The van der Waals surface area contributed by atoms with Gasteiger partial charge in [-0.05, 0) is 51.3 Å². The number of furan rings is 1. The third-order valence-corrected chi connectivity index (χ3v) is 3.02. The normalized spacial score (nSPS) is 23.3. The molecule has 0 spiro atoms. The molecule has 1 aliphatic carbocycles.